The van der Waals surface area contributed by atoms with Gasteiger partial charge in [-0.2, -0.15) is 5.10 Å². The topological polar surface area (TPSA) is 65.6 Å². The van der Waals surface area contributed by atoms with Crippen LogP contribution in [-0.2, 0) is 13.6 Å². The standard InChI is InChI=1S/C17H15N5OS/c1-11-3-5-12(6-4-11)16-20-13(9-24-16)8-22-10-18-15-14(17(22)23)7-19-21(15)2/h3-7,9-10H,8H2,1-2H3. The predicted octanol–water partition coefficient (Wildman–Crippen LogP) is 2.61. The fourth-order valence-electron chi connectivity index (χ4n) is 2.56. The molecule has 3 heterocycles. The summed E-state index contributed by atoms with van der Waals surface area (Å²) in [4.78, 5) is 21.5. The van der Waals surface area contributed by atoms with Crippen LogP contribution in [0.25, 0.3) is 21.6 Å². The molecule has 0 radical (unpaired) electrons. The minimum atomic E-state index is -0.0991. The summed E-state index contributed by atoms with van der Waals surface area (Å²) in [6.07, 6.45) is 3.11. The highest BCUT2D eigenvalue weighted by atomic mass is 32.1. The van der Waals surface area contributed by atoms with Crippen LogP contribution in [0.1, 0.15) is 11.3 Å². The molecule has 0 fully saturated rings. The third kappa shape index (κ3) is 2.52. The van der Waals surface area contributed by atoms with Gasteiger partial charge in [0.05, 0.1) is 18.4 Å². The highest BCUT2D eigenvalue weighted by Crippen LogP contribution is 2.24. The third-order valence-electron chi connectivity index (χ3n) is 3.90. The van der Waals surface area contributed by atoms with E-state index in [1.807, 2.05) is 5.38 Å². The quantitative estimate of drug-likeness (QED) is 0.576. The van der Waals surface area contributed by atoms with Crippen LogP contribution in [0.2, 0.25) is 0 Å². The summed E-state index contributed by atoms with van der Waals surface area (Å²) >= 11 is 1.58. The van der Waals surface area contributed by atoms with E-state index in [2.05, 4.69) is 46.3 Å². The SMILES string of the molecule is Cc1ccc(-c2nc(Cn3cnc4c(cnn4C)c3=O)cs2)cc1. The smallest absolute Gasteiger partial charge is 0.264 e. The van der Waals surface area contributed by atoms with Crippen LogP contribution in [-0.4, -0.2) is 24.3 Å². The number of thiazole rings is 1. The van der Waals surface area contributed by atoms with Crippen LogP contribution in [0.5, 0.6) is 0 Å². The van der Waals surface area contributed by atoms with Crippen molar-refractivity contribution in [3.05, 3.63) is 63.8 Å². The van der Waals surface area contributed by atoms with Gasteiger partial charge < -0.3 is 0 Å². The van der Waals surface area contributed by atoms with Gasteiger partial charge in [-0.1, -0.05) is 29.8 Å². The van der Waals surface area contributed by atoms with E-state index in [1.165, 1.54) is 5.56 Å². The molecule has 0 aliphatic carbocycles. The maximum atomic E-state index is 12.5. The van der Waals surface area contributed by atoms with Gasteiger partial charge in [0.15, 0.2) is 5.65 Å². The number of aryl methyl sites for hydroxylation is 2. The highest BCUT2D eigenvalue weighted by Gasteiger charge is 2.10. The number of hydrogen-bond donors (Lipinski definition) is 0. The summed E-state index contributed by atoms with van der Waals surface area (Å²) < 4.78 is 3.16. The van der Waals surface area contributed by atoms with E-state index in [1.54, 1.807) is 40.2 Å². The van der Waals surface area contributed by atoms with Crippen molar-refractivity contribution < 1.29 is 0 Å². The molecule has 0 saturated heterocycles. The van der Waals surface area contributed by atoms with Crippen molar-refractivity contribution in [3.8, 4) is 10.6 Å². The van der Waals surface area contributed by atoms with E-state index >= 15 is 0 Å². The molecule has 120 valence electrons. The second kappa shape index (κ2) is 5.68. The molecule has 4 rings (SSSR count). The molecular formula is C17H15N5OS. The molecule has 0 spiro atoms. The fourth-order valence-corrected chi connectivity index (χ4v) is 3.38. The van der Waals surface area contributed by atoms with E-state index in [9.17, 15) is 4.79 Å². The summed E-state index contributed by atoms with van der Waals surface area (Å²) in [6, 6.07) is 8.27. The first-order valence-electron chi connectivity index (χ1n) is 7.50. The van der Waals surface area contributed by atoms with Crippen LogP contribution >= 0.6 is 11.3 Å². The number of benzene rings is 1. The van der Waals surface area contributed by atoms with Crippen LogP contribution < -0.4 is 5.56 Å². The summed E-state index contributed by atoms with van der Waals surface area (Å²) in [5, 5.41) is 7.54. The molecule has 0 amide bonds. The van der Waals surface area contributed by atoms with Gasteiger partial charge in [0.25, 0.3) is 5.56 Å². The van der Waals surface area contributed by atoms with Crippen LogP contribution in [0.3, 0.4) is 0 Å². The summed E-state index contributed by atoms with van der Waals surface area (Å²) in [5.74, 6) is 0. The lowest BCUT2D eigenvalue weighted by Crippen LogP contribution is -2.21. The Labute approximate surface area is 142 Å². The molecule has 4 aromatic rings. The molecule has 1 aromatic carbocycles. The molecule has 0 aliphatic rings. The van der Waals surface area contributed by atoms with Crippen molar-refractivity contribution in [2.24, 2.45) is 7.05 Å². The van der Waals surface area contributed by atoms with E-state index in [4.69, 9.17) is 0 Å². The number of rotatable bonds is 3. The largest absolute Gasteiger partial charge is 0.292 e. The Hall–Kier alpha value is -2.80. The lowest BCUT2D eigenvalue weighted by Gasteiger charge is -2.03. The van der Waals surface area contributed by atoms with Gasteiger partial charge in [-0.25, -0.2) is 9.97 Å². The molecular weight excluding hydrogens is 322 g/mol. The molecule has 24 heavy (non-hydrogen) atoms. The fraction of sp³-hybridized carbons (Fsp3) is 0.176. The van der Waals surface area contributed by atoms with Crippen molar-refractivity contribution in [2.75, 3.05) is 0 Å². The number of nitrogens with zero attached hydrogens (tertiary/aromatic N) is 5. The van der Waals surface area contributed by atoms with Gasteiger partial charge in [0, 0.05) is 18.0 Å². The maximum absolute atomic E-state index is 12.5. The van der Waals surface area contributed by atoms with E-state index in [0.717, 1.165) is 16.3 Å². The van der Waals surface area contributed by atoms with Crippen LogP contribution in [0.4, 0.5) is 0 Å². The monoisotopic (exact) mass is 337 g/mol. The summed E-state index contributed by atoms with van der Waals surface area (Å²) in [5.41, 5.74) is 3.65. The average molecular weight is 337 g/mol. The van der Waals surface area contributed by atoms with Gasteiger partial charge in [-0.05, 0) is 6.92 Å². The van der Waals surface area contributed by atoms with Crippen molar-refractivity contribution in [1.29, 1.82) is 0 Å². The number of aromatic nitrogens is 5. The second-order valence-electron chi connectivity index (χ2n) is 5.69. The molecule has 0 unspecified atom stereocenters. The van der Waals surface area contributed by atoms with Gasteiger partial charge in [-0.3, -0.25) is 14.0 Å². The Morgan fingerprint density at radius 2 is 2.00 bits per heavy atom. The summed E-state index contributed by atoms with van der Waals surface area (Å²) in [7, 11) is 1.77. The zero-order valence-electron chi connectivity index (χ0n) is 13.3. The predicted molar refractivity (Wildman–Crippen MR) is 94.2 cm³/mol. The zero-order chi connectivity index (χ0) is 16.7. The lowest BCUT2D eigenvalue weighted by atomic mass is 10.2. The van der Waals surface area contributed by atoms with Crippen molar-refractivity contribution in [2.45, 2.75) is 13.5 Å². The van der Waals surface area contributed by atoms with Gasteiger partial charge in [0.2, 0.25) is 0 Å². The van der Waals surface area contributed by atoms with E-state index in [0.29, 0.717) is 17.6 Å². The Morgan fingerprint density at radius 1 is 1.21 bits per heavy atom. The highest BCUT2D eigenvalue weighted by molar-refractivity contribution is 7.13. The van der Waals surface area contributed by atoms with Crippen molar-refractivity contribution in [3.63, 3.8) is 0 Å². The minimum Gasteiger partial charge on any atom is -0.292 e. The minimum absolute atomic E-state index is 0.0991. The third-order valence-corrected chi connectivity index (χ3v) is 4.84. The zero-order valence-corrected chi connectivity index (χ0v) is 14.1. The first-order chi connectivity index (χ1) is 11.6. The van der Waals surface area contributed by atoms with Gasteiger partial charge in [-0.15, -0.1) is 11.3 Å². The van der Waals surface area contributed by atoms with E-state index in [-0.39, 0.29) is 5.56 Å². The average Bonchev–Trinajstić information content (AvgIpc) is 3.19. The second-order valence-corrected chi connectivity index (χ2v) is 6.55. The van der Waals surface area contributed by atoms with Crippen LogP contribution in [0.15, 0.2) is 47.0 Å². The Bertz CT molecular complexity index is 1070. The molecule has 7 heteroatoms. The first-order valence-corrected chi connectivity index (χ1v) is 8.38. The summed E-state index contributed by atoms with van der Waals surface area (Å²) in [6.45, 7) is 2.46. The molecule has 6 nitrogen and oxygen atoms in total. The normalized spacial score (nSPS) is 11.2. The van der Waals surface area contributed by atoms with Gasteiger partial charge in [0.1, 0.15) is 16.7 Å². The Kier molecular flexibility index (Phi) is 3.50. The van der Waals surface area contributed by atoms with E-state index < -0.39 is 0 Å². The molecule has 3 aromatic heterocycles. The molecule has 0 bridgehead atoms. The number of hydrogen-bond acceptors (Lipinski definition) is 5. The molecule has 0 aliphatic heterocycles. The lowest BCUT2D eigenvalue weighted by molar-refractivity contribution is 0.726. The Balaban J connectivity index is 1.65. The molecule has 0 atom stereocenters. The van der Waals surface area contributed by atoms with Crippen molar-refractivity contribution in [1.82, 2.24) is 24.3 Å². The maximum Gasteiger partial charge on any atom is 0.264 e. The first kappa shape index (κ1) is 14.8. The van der Waals surface area contributed by atoms with Crippen LogP contribution in [0, 0.1) is 6.92 Å². The molecule has 0 N–H and O–H groups in total. The molecule has 0 saturated carbocycles. The number of fused-ring (bicyclic) bond motifs is 1. The van der Waals surface area contributed by atoms with Crippen molar-refractivity contribution >= 4 is 22.4 Å². The van der Waals surface area contributed by atoms with Gasteiger partial charge >= 0.3 is 0 Å². The Morgan fingerprint density at radius 3 is 2.79 bits per heavy atom.